The van der Waals surface area contributed by atoms with E-state index in [-0.39, 0.29) is 24.0 Å². The van der Waals surface area contributed by atoms with Gasteiger partial charge in [0.15, 0.2) is 5.96 Å². The van der Waals surface area contributed by atoms with Gasteiger partial charge in [-0.1, -0.05) is 54.6 Å². The van der Waals surface area contributed by atoms with Crippen LogP contribution in [0.2, 0.25) is 0 Å². The number of nitrogens with zero attached hydrogens (tertiary/aromatic N) is 2. The second-order valence-corrected chi connectivity index (χ2v) is 6.02. The minimum Gasteiger partial charge on any atom is -0.378 e. The summed E-state index contributed by atoms with van der Waals surface area (Å²) in [7, 11) is 0. The van der Waals surface area contributed by atoms with Crippen molar-refractivity contribution in [1.82, 2.24) is 4.90 Å². The van der Waals surface area contributed by atoms with Crippen LogP contribution in [0.15, 0.2) is 59.6 Å². The Balaban J connectivity index is 0.00000243. The van der Waals surface area contributed by atoms with Crippen molar-refractivity contribution in [3.05, 3.63) is 71.3 Å². The van der Waals surface area contributed by atoms with Gasteiger partial charge >= 0.3 is 0 Å². The predicted octanol–water partition coefficient (Wildman–Crippen LogP) is 3.17. The molecule has 0 atom stereocenters. The van der Waals surface area contributed by atoms with Crippen LogP contribution in [-0.4, -0.2) is 37.2 Å². The molecule has 0 radical (unpaired) electrons. The quantitative estimate of drug-likeness (QED) is 0.403. The molecule has 1 aliphatic rings. The Labute approximate surface area is 172 Å². The van der Waals surface area contributed by atoms with Crippen LogP contribution in [-0.2, 0) is 29.2 Å². The number of nitrogens with two attached hydrogens (primary N) is 1. The molecule has 0 saturated carbocycles. The molecule has 1 heterocycles. The van der Waals surface area contributed by atoms with Crippen LogP contribution < -0.4 is 5.73 Å². The Morgan fingerprint density at radius 1 is 0.962 bits per heavy atom. The van der Waals surface area contributed by atoms with Gasteiger partial charge in [0.2, 0.25) is 0 Å². The fourth-order valence-electron chi connectivity index (χ4n) is 2.76. The molecule has 1 aliphatic heterocycles. The van der Waals surface area contributed by atoms with Crippen molar-refractivity contribution < 1.29 is 9.47 Å². The minimum absolute atomic E-state index is 0. The molecule has 1 fully saturated rings. The Bertz CT molecular complexity index is 688. The third-order valence-corrected chi connectivity index (χ3v) is 4.23. The number of benzene rings is 2. The molecule has 0 unspecified atom stereocenters. The standard InChI is InChI=1S/C20H25N3O2.HI/c21-20(23-10-12-24-13-11-23)22-14-18-8-4-5-9-19(18)16-25-15-17-6-2-1-3-7-17;/h1-9H,10-16H2,(H2,21,22);1H. The second-order valence-electron chi connectivity index (χ2n) is 6.02. The number of hydrogen-bond acceptors (Lipinski definition) is 3. The van der Waals surface area contributed by atoms with E-state index in [0.29, 0.717) is 38.9 Å². The normalized spacial score (nSPS) is 14.8. The summed E-state index contributed by atoms with van der Waals surface area (Å²) in [4.78, 5) is 6.62. The molecule has 0 spiro atoms. The lowest BCUT2D eigenvalue weighted by molar-refractivity contribution is 0.0674. The van der Waals surface area contributed by atoms with Crippen LogP contribution >= 0.6 is 24.0 Å². The molecule has 0 amide bonds. The number of hydrogen-bond donors (Lipinski definition) is 1. The lowest BCUT2D eigenvalue weighted by Gasteiger charge is -2.27. The van der Waals surface area contributed by atoms with Crippen molar-refractivity contribution in [3.63, 3.8) is 0 Å². The van der Waals surface area contributed by atoms with Crippen molar-refractivity contribution in [2.45, 2.75) is 19.8 Å². The Morgan fingerprint density at radius 2 is 1.62 bits per heavy atom. The van der Waals surface area contributed by atoms with Gasteiger partial charge in [0.05, 0.1) is 33.0 Å². The van der Waals surface area contributed by atoms with Gasteiger partial charge in [-0.2, -0.15) is 0 Å². The molecular weight excluding hydrogens is 441 g/mol. The molecule has 2 aromatic carbocycles. The summed E-state index contributed by atoms with van der Waals surface area (Å²) >= 11 is 0. The average Bonchev–Trinajstić information content (AvgIpc) is 2.68. The molecule has 3 rings (SSSR count). The zero-order valence-electron chi connectivity index (χ0n) is 14.8. The number of morpholine rings is 1. The van der Waals surface area contributed by atoms with Crippen molar-refractivity contribution in [2.24, 2.45) is 10.7 Å². The van der Waals surface area contributed by atoms with Crippen molar-refractivity contribution >= 4 is 29.9 Å². The average molecular weight is 467 g/mol. The molecule has 140 valence electrons. The summed E-state index contributed by atoms with van der Waals surface area (Å²) < 4.78 is 11.2. The van der Waals surface area contributed by atoms with Gasteiger partial charge in [-0.25, -0.2) is 4.99 Å². The molecule has 0 aromatic heterocycles. The van der Waals surface area contributed by atoms with Crippen LogP contribution in [0, 0.1) is 0 Å². The van der Waals surface area contributed by atoms with Crippen molar-refractivity contribution in [3.8, 4) is 0 Å². The van der Waals surface area contributed by atoms with Crippen LogP contribution in [0.4, 0.5) is 0 Å². The van der Waals surface area contributed by atoms with E-state index in [2.05, 4.69) is 34.2 Å². The molecule has 2 N–H and O–H groups in total. The minimum atomic E-state index is 0. The first-order valence-electron chi connectivity index (χ1n) is 8.64. The number of guanidine groups is 1. The van der Waals surface area contributed by atoms with Crippen LogP contribution in [0.1, 0.15) is 16.7 Å². The fourth-order valence-corrected chi connectivity index (χ4v) is 2.76. The summed E-state index contributed by atoms with van der Waals surface area (Å²) in [5.41, 5.74) is 9.58. The summed E-state index contributed by atoms with van der Waals surface area (Å²) in [6.07, 6.45) is 0. The monoisotopic (exact) mass is 467 g/mol. The highest BCUT2D eigenvalue weighted by molar-refractivity contribution is 14.0. The first kappa shape index (κ1) is 20.7. The molecule has 5 nitrogen and oxygen atoms in total. The highest BCUT2D eigenvalue weighted by Crippen LogP contribution is 2.13. The van der Waals surface area contributed by atoms with E-state index in [1.807, 2.05) is 30.3 Å². The number of rotatable bonds is 6. The predicted molar refractivity (Wildman–Crippen MR) is 115 cm³/mol. The maximum atomic E-state index is 6.11. The zero-order chi connectivity index (χ0) is 17.3. The molecule has 26 heavy (non-hydrogen) atoms. The Hall–Kier alpha value is -1.64. The van der Waals surface area contributed by atoms with Gasteiger partial charge in [-0.05, 0) is 16.7 Å². The second kappa shape index (κ2) is 11.2. The Kier molecular flexibility index (Phi) is 8.87. The molecule has 1 saturated heterocycles. The zero-order valence-corrected chi connectivity index (χ0v) is 17.2. The number of ether oxygens (including phenoxy) is 2. The van der Waals surface area contributed by atoms with E-state index in [0.717, 1.165) is 24.2 Å². The highest BCUT2D eigenvalue weighted by atomic mass is 127. The van der Waals surface area contributed by atoms with Gasteiger partial charge < -0.3 is 20.1 Å². The van der Waals surface area contributed by atoms with E-state index >= 15 is 0 Å². The van der Waals surface area contributed by atoms with E-state index in [9.17, 15) is 0 Å². The van der Waals surface area contributed by atoms with Crippen molar-refractivity contribution in [1.29, 1.82) is 0 Å². The smallest absolute Gasteiger partial charge is 0.191 e. The van der Waals surface area contributed by atoms with Gasteiger partial charge in [-0.3, -0.25) is 0 Å². The third kappa shape index (κ3) is 6.26. The third-order valence-electron chi connectivity index (χ3n) is 4.23. The molecule has 6 heteroatoms. The largest absolute Gasteiger partial charge is 0.378 e. The van der Waals surface area contributed by atoms with Crippen LogP contribution in [0.5, 0.6) is 0 Å². The SMILES string of the molecule is I.NC(=NCc1ccccc1COCc1ccccc1)N1CCOCC1. The maximum Gasteiger partial charge on any atom is 0.191 e. The summed E-state index contributed by atoms with van der Waals surface area (Å²) in [5, 5.41) is 0. The van der Waals surface area contributed by atoms with Gasteiger partial charge in [-0.15, -0.1) is 24.0 Å². The van der Waals surface area contributed by atoms with Gasteiger partial charge in [0, 0.05) is 13.1 Å². The molecule has 0 bridgehead atoms. The summed E-state index contributed by atoms with van der Waals surface area (Å²) in [6, 6.07) is 18.4. The van der Waals surface area contributed by atoms with Gasteiger partial charge in [0.1, 0.15) is 0 Å². The lowest BCUT2D eigenvalue weighted by atomic mass is 10.1. The van der Waals surface area contributed by atoms with Gasteiger partial charge in [0.25, 0.3) is 0 Å². The van der Waals surface area contributed by atoms with E-state index in [4.69, 9.17) is 15.2 Å². The topological polar surface area (TPSA) is 60.1 Å². The van der Waals surface area contributed by atoms with E-state index < -0.39 is 0 Å². The molecule has 0 aliphatic carbocycles. The lowest BCUT2D eigenvalue weighted by Crippen LogP contribution is -2.44. The van der Waals surface area contributed by atoms with Crippen LogP contribution in [0.25, 0.3) is 0 Å². The number of aliphatic imine (C=N–C) groups is 1. The fraction of sp³-hybridized carbons (Fsp3) is 0.350. The highest BCUT2D eigenvalue weighted by Gasteiger charge is 2.12. The molecular formula is C20H26IN3O2. The Morgan fingerprint density at radius 3 is 2.35 bits per heavy atom. The van der Waals surface area contributed by atoms with Crippen LogP contribution in [0.3, 0.4) is 0 Å². The van der Waals surface area contributed by atoms with E-state index in [1.54, 1.807) is 0 Å². The number of halogens is 1. The first-order chi connectivity index (χ1) is 12.3. The summed E-state index contributed by atoms with van der Waals surface area (Å²) in [5.74, 6) is 0.586. The maximum absolute atomic E-state index is 6.11. The first-order valence-corrected chi connectivity index (χ1v) is 8.64. The molecule has 2 aromatic rings. The summed E-state index contributed by atoms with van der Waals surface area (Å²) in [6.45, 7) is 4.76. The van der Waals surface area contributed by atoms with Crippen molar-refractivity contribution in [2.75, 3.05) is 26.3 Å². The van der Waals surface area contributed by atoms with E-state index in [1.165, 1.54) is 5.56 Å².